The minimum atomic E-state index is -0.109. The second kappa shape index (κ2) is 3.77. The van der Waals surface area contributed by atoms with Gasteiger partial charge in [-0.2, -0.15) is 0 Å². The zero-order valence-electron chi connectivity index (χ0n) is 9.77. The van der Waals surface area contributed by atoms with E-state index in [2.05, 4.69) is 46.8 Å². The van der Waals surface area contributed by atoms with E-state index in [0.29, 0.717) is 0 Å². The number of nitrogens with zero attached hydrogens (tertiary/aromatic N) is 1. The molecular weight excluding hydrogens is 210 g/mol. The summed E-state index contributed by atoms with van der Waals surface area (Å²) >= 11 is 0. The van der Waals surface area contributed by atoms with Crippen molar-refractivity contribution in [3.8, 4) is 0 Å². The summed E-state index contributed by atoms with van der Waals surface area (Å²) in [4.78, 5) is 4.37. The van der Waals surface area contributed by atoms with Crippen molar-refractivity contribution in [2.24, 2.45) is 0 Å². The predicted molar refractivity (Wildman–Crippen MR) is 70.1 cm³/mol. The molecule has 0 spiro atoms. The third kappa shape index (κ3) is 1.73. The molecule has 2 heterocycles. The predicted octanol–water partition coefficient (Wildman–Crippen LogP) is 2.83. The molecule has 17 heavy (non-hydrogen) atoms. The lowest BCUT2D eigenvalue weighted by Gasteiger charge is -2.37. The Bertz CT molecular complexity index is 524. The molecule has 3 heteroatoms. The molecular formula is C14H15N3. The second-order valence-electron chi connectivity index (χ2n) is 4.58. The van der Waals surface area contributed by atoms with Crippen LogP contribution in [0.2, 0.25) is 0 Å². The van der Waals surface area contributed by atoms with E-state index in [-0.39, 0.29) is 5.54 Å². The summed E-state index contributed by atoms with van der Waals surface area (Å²) in [7, 11) is 0. The first kappa shape index (κ1) is 10.1. The fraction of sp³-hybridized carbons (Fsp3) is 0.214. The highest BCUT2D eigenvalue weighted by Crippen LogP contribution is 2.33. The fourth-order valence-corrected chi connectivity index (χ4v) is 2.21. The van der Waals surface area contributed by atoms with Crippen LogP contribution in [0.15, 0.2) is 48.7 Å². The number of aromatic nitrogens is 1. The Morgan fingerprint density at radius 2 is 1.94 bits per heavy atom. The van der Waals surface area contributed by atoms with Crippen LogP contribution in [-0.2, 0) is 5.54 Å². The smallest absolute Gasteiger partial charge is 0.150 e. The van der Waals surface area contributed by atoms with Crippen molar-refractivity contribution in [1.82, 2.24) is 4.98 Å². The summed E-state index contributed by atoms with van der Waals surface area (Å²) in [6, 6.07) is 14.4. The molecule has 3 rings (SSSR count). The normalized spacial score (nSPS) is 22.2. The van der Waals surface area contributed by atoms with Crippen LogP contribution in [0.25, 0.3) is 0 Å². The van der Waals surface area contributed by atoms with Gasteiger partial charge in [-0.1, -0.05) is 30.3 Å². The Morgan fingerprint density at radius 3 is 2.76 bits per heavy atom. The van der Waals surface area contributed by atoms with Crippen molar-refractivity contribution in [3.63, 3.8) is 0 Å². The molecule has 0 saturated carbocycles. The van der Waals surface area contributed by atoms with Gasteiger partial charge in [0.1, 0.15) is 5.82 Å². The number of benzene rings is 1. The molecule has 2 aromatic rings. The highest BCUT2D eigenvalue weighted by molar-refractivity contribution is 5.68. The SMILES string of the molecule is CC1(c2ccccc2)CNc2cccnc2N1. The molecule has 0 amide bonds. The molecule has 86 valence electrons. The molecule has 0 fully saturated rings. The van der Waals surface area contributed by atoms with Crippen LogP contribution in [-0.4, -0.2) is 11.5 Å². The van der Waals surface area contributed by atoms with Crippen molar-refractivity contribution in [1.29, 1.82) is 0 Å². The van der Waals surface area contributed by atoms with Crippen molar-refractivity contribution >= 4 is 11.5 Å². The molecule has 1 atom stereocenters. The Labute approximate surface area is 101 Å². The molecule has 3 nitrogen and oxygen atoms in total. The maximum Gasteiger partial charge on any atom is 0.150 e. The van der Waals surface area contributed by atoms with E-state index in [0.717, 1.165) is 18.1 Å². The van der Waals surface area contributed by atoms with Crippen molar-refractivity contribution < 1.29 is 0 Å². The van der Waals surface area contributed by atoms with Gasteiger partial charge in [-0.05, 0) is 24.6 Å². The van der Waals surface area contributed by atoms with E-state index in [1.54, 1.807) is 0 Å². The van der Waals surface area contributed by atoms with E-state index in [4.69, 9.17) is 0 Å². The standard InChI is InChI=1S/C14H15N3/c1-14(11-6-3-2-4-7-11)10-16-12-8-5-9-15-13(12)17-14/h2-9,16H,10H2,1H3,(H,15,17). The largest absolute Gasteiger partial charge is 0.379 e. The summed E-state index contributed by atoms with van der Waals surface area (Å²) in [5.74, 6) is 0.921. The van der Waals surface area contributed by atoms with Gasteiger partial charge >= 0.3 is 0 Å². The Morgan fingerprint density at radius 1 is 1.12 bits per heavy atom. The summed E-state index contributed by atoms with van der Waals surface area (Å²) in [6.45, 7) is 3.04. The molecule has 0 radical (unpaired) electrons. The molecule has 0 aliphatic carbocycles. The van der Waals surface area contributed by atoms with Crippen LogP contribution in [0.5, 0.6) is 0 Å². The van der Waals surface area contributed by atoms with Crippen LogP contribution in [0.1, 0.15) is 12.5 Å². The van der Waals surface area contributed by atoms with Crippen LogP contribution in [0.4, 0.5) is 11.5 Å². The summed E-state index contributed by atoms with van der Waals surface area (Å²) in [6.07, 6.45) is 1.81. The topological polar surface area (TPSA) is 37.0 Å². The number of hydrogen-bond donors (Lipinski definition) is 2. The quantitative estimate of drug-likeness (QED) is 0.783. The Hall–Kier alpha value is -2.03. The number of nitrogens with one attached hydrogen (secondary N) is 2. The zero-order valence-corrected chi connectivity index (χ0v) is 9.77. The third-order valence-electron chi connectivity index (χ3n) is 3.25. The fourth-order valence-electron chi connectivity index (χ4n) is 2.21. The zero-order chi connectivity index (χ0) is 11.7. The molecule has 1 unspecified atom stereocenters. The van der Waals surface area contributed by atoms with Crippen LogP contribution in [0, 0.1) is 0 Å². The molecule has 1 aromatic carbocycles. The van der Waals surface area contributed by atoms with Gasteiger partial charge in [-0.25, -0.2) is 4.98 Å². The Balaban J connectivity index is 1.98. The highest BCUT2D eigenvalue weighted by atomic mass is 15.2. The van der Waals surface area contributed by atoms with Crippen molar-refractivity contribution in [3.05, 3.63) is 54.2 Å². The summed E-state index contributed by atoms with van der Waals surface area (Å²) < 4.78 is 0. The van der Waals surface area contributed by atoms with Gasteiger partial charge < -0.3 is 10.6 Å². The van der Waals surface area contributed by atoms with Gasteiger partial charge in [0, 0.05) is 12.7 Å². The minimum Gasteiger partial charge on any atom is -0.379 e. The lowest BCUT2D eigenvalue weighted by atomic mass is 9.90. The minimum absolute atomic E-state index is 0.109. The molecule has 0 saturated heterocycles. The maximum absolute atomic E-state index is 4.37. The van der Waals surface area contributed by atoms with Gasteiger partial charge in [-0.15, -0.1) is 0 Å². The Kier molecular flexibility index (Phi) is 2.25. The lowest BCUT2D eigenvalue weighted by molar-refractivity contribution is 0.561. The van der Waals surface area contributed by atoms with Gasteiger partial charge in [0.15, 0.2) is 0 Å². The number of pyridine rings is 1. The molecule has 2 N–H and O–H groups in total. The number of rotatable bonds is 1. The lowest BCUT2D eigenvalue weighted by Crippen LogP contribution is -2.42. The van der Waals surface area contributed by atoms with E-state index >= 15 is 0 Å². The molecule has 1 aromatic heterocycles. The van der Waals surface area contributed by atoms with E-state index < -0.39 is 0 Å². The van der Waals surface area contributed by atoms with Gasteiger partial charge in [0.2, 0.25) is 0 Å². The van der Waals surface area contributed by atoms with Gasteiger partial charge in [0.05, 0.1) is 11.2 Å². The number of fused-ring (bicyclic) bond motifs is 1. The van der Waals surface area contributed by atoms with E-state index in [1.165, 1.54) is 5.56 Å². The summed E-state index contributed by atoms with van der Waals surface area (Å²) in [5.41, 5.74) is 2.23. The molecule has 1 aliphatic rings. The third-order valence-corrected chi connectivity index (χ3v) is 3.25. The highest BCUT2D eigenvalue weighted by Gasteiger charge is 2.30. The first-order chi connectivity index (χ1) is 8.28. The van der Waals surface area contributed by atoms with Crippen molar-refractivity contribution in [2.45, 2.75) is 12.5 Å². The first-order valence-corrected chi connectivity index (χ1v) is 5.80. The van der Waals surface area contributed by atoms with Gasteiger partial charge in [-0.3, -0.25) is 0 Å². The van der Waals surface area contributed by atoms with E-state index in [9.17, 15) is 0 Å². The maximum atomic E-state index is 4.37. The van der Waals surface area contributed by atoms with E-state index in [1.807, 2.05) is 24.4 Å². The first-order valence-electron chi connectivity index (χ1n) is 5.80. The van der Waals surface area contributed by atoms with Gasteiger partial charge in [0.25, 0.3) is 0 Å². The number of anilines is 2. The molecule has 0 bridgehead atoms. The van der Waals surface area contributed by atoms with Crippen molar-refractivity contribution in [2.75, 3.05) is 17.2 Å². The van der Waals surface area contributed by atoms with Crippen LogP contribution in [0.3, 0.4) is 0 Å². The van der Waals surface area contributed by atoms with Crippen LogP contribution >= 0.6 is 0 Å². The molecule has 1 aliphatic heterocycles. The average Bonchev–Trinajstić information content (AvgIpc) is 2.40. The monoisotopic (exact) mass is 225 g/mol. The second-order valence-corrected chi connectivity index (χ2v) is 4.58. The summed E-state index contributed by atoms with van der Waals surface area (Å²) in [5, 5.41) is 6.94. The average molecular weight is 225 g/mol. The van der Waals surface area contributed by atoms with Crippen LogP contribution < -0.4 is 10.6 Å². The number of hydrogen-bond acceptors (Lipinski definition) is 3.